The van der Waals surface area contributed by atoms with E-state index in [1.807, 2.05) is 39.0 Å². The predicted octanol–water partition coefficient (Wildman–Crippen LogP) is 5.61. The van der Waals surface area contributed by atoms with Gasteiger partial charge in [0.2, 0.25) is 0 Å². The zero-order chi connectivity index (χ0) is 18.6. The van der Waals surface area contributed by atoms with E-state index >= 15 is 0 Å². The van der Waals surface area contributed by atoms with E-state index in [9.17, 15) is 5.11 Å². The van der Waals surface area contributed by atoms with E-state index in [1.54, 1.807) is 0 Å². The second kappa shape index (κ2) is 12.5. The number of aliphatic hydroxyl groups is 2. The molecule has 0 saturated carbocycles. The summed E-state index contributed by atoms with van der Waals surface area (Å²) in [7, 11) is 0. The minimum Gasteiger partial charge on any atom is -0.393 e. The molecule has 0 bridgehead atoms. The first-order chi connectivity index (χ1) is 11.2. The van der Waals surface area contributed by atoms with E-state index in [0.29, 0.717) is 0 Å². The molecule has 0 fully saturated rings. The van der Waals surface area contributed by atoms with Crippen molar-refractivity contribution in [2.45, 2.75) is 91.8 Å². The lowest BCUT2D eigenvalue weighted by Gasteiger charge is -2.18. The topological polar surface area (TPSA) is 40.5 Å². The molecule has 0 radical (unpaired) electrons. The van der Waals surface area contributed by atoms with Crippen LogP contribution in [-0.2, 0) is 6.42 Å². The second-order valence-electron chi connectivity index (χ2n) is 7.99. The quantitative estimate of drug-likeness (QED) is 0.615. The van der Waals surface area contributed by atoms with Crippen molar-refractivity contribution in [3.63, 3.8) is 0 Å². The van der Waals surface area contributed by atoms with Gasteiger partial charge in [-0.3, -0.25) is 0 Å². The first-order valence-corrected chi connectivity index (χ1v) is 9.60. The average molecular weight is 337 g/mol. The van der Waals surface area contributed by atoms with Crippen molar-refractivity contribution in [2.24, 2.45) is 11.8 Å². The van der Waals surface area contributed by atoms with Gasteiger partial charge in [0.25, 0.3) is 0 Å². The largest absolute Gasteiger partial charge is 0.393 e. The summed E-state index contributed by atoms with van der Waals surface area (Å²) < 4.78 is 0. The van der Waals surface area contributed by atoms with Crippen LogP contribution in [-0.4, -0.2) is 21.9 Å². The normalized spacial score (nSPS) is 14.0. The van der Waals surface area contributed by atoms with Crippen molar-refractivity contribution in [1.29, 1.82) is 0 Å². The molecule has 1 aromatic rings. The summed E-state index contributed by atoms with van der Waals surface area (Å²) >= 11 is 0. The highest BCUT2D eigenvalue weighted by molar-refractivity contribution is 5.14. The first kappa shape index (κ1) is 23.1. The van der Waals surface area contributed by atoms with Gasteiger partial charge < -0.3 is 10.2 Å². The zero-order valence-corrected chi connectivity index (χ0v) is 16.8. The fraction of sp³-hybridized carbons (Fsp3) is 0.727. The van der Waals surface area contributed by atoms with Gasteiger partial charge in [-0.05, 0) is 57.4 Å². The van der Waals surface area contributed by atoms with Crippen LogP contribution in [0.4, 0.5) is 0 Å². The standard InChI is InChI=1S/C11H16O.C11H24O/c1-11(2,12)9-8-10-6-4-3-5-7-10;1-5-11(9(2)3)8-6-7-10(4)12/h3-7,12H,8-9H2,1-2H3;9-12H,5-8H2,1-4H3. The molecule has 0 saturated heterocycles. The Morgan fingerprint density at radius 1 is 1.00 bits per heavy atom. The van der Waals surface area contributed by atoms with E-state index in [0.717, 1.165) is 31.1 Å². The van der Waals surface area contributed by atoms with Gasteiger partial charge >= 0.3 is 0 Å². The molecular weight excluding hydrogens is 296 g/mol. The lowest BCUT2D eigenvalue weighted by molar-refractivity contribution is 0.0714. The number of hydrogen-bond donors (Lipinski definition) is 2. The van der Waals surface area contributed by atoms with Crippen LogP contribution < -0.4 is 0 Å². The van der Waals surface area contributed by atoms with Gasteiger partial charge in [-0.15, -0.1) is 0 Å². The minimum atomic E-state index is -0.546. The molecule has 2 N–H and O–H groups in total. The van der Waals surface area contributed by atoms with E-state index < -0.39 is 5.60 Å². The first-order valence-electron chi connectivity index (χ1n) is 9.60. The third-order valence-corrected chi connectivity index (χ3v) is 4.53. The Bertz CT molecular complexity index is 390. The number of hydrogen-bond acceptors (Lipinski definition) is 2. The maximum absolute atomic E-state index is 9.48. The molecule has 24 heavy (non-hydrogen) atoms. The number of aliphatic hydroxyl groups excluding tert-OH is 1. The van der Waals surface area contributed by atoms with Gasteiger partial charge in [-0.1, -0.05) is 70.4 Å². The molecule has 2 nitrogen and oxygen atoms in total. The van der Waals surface area contributed by atoms with Crippen LogP contribution in [0.3, 0.4) is 0 Å². The fourth-order valence-corrected chi connectivity index (χ4v) is 2.78. The molecule has 1 rings (SSSR count). The highest BCUT2D eigenvalue weighted by Crippen LogP contribution is 2.21. The molecule has 0 spiro atoms. The van der Waals surface area contributed by atoms with Gasteiger partial charge in [0.05, 0.1) is 11.7 Å². The Labute approximate surface area is 150 Å². The van der Waals surface area contributed by atoms with Crippen molar-refractivity contribution in [3.05, 3.63) is 35.9 Å². The average Bonchev–Trinajstić information content (AvgIpc) is 2.50. The maximum Gasteiger partial charge on any atom is 0.0594 e. The smallest absolute Gasteiger partial charge is 0.0594 e. The summed E-state index contributed by atoms with van der Waals surface area (Å²) in [6, 6.07) is 10.2. The summed E-state index contributed by atoms with van der Waals surface area (Å²) in [4.78, 5) is 0. The van der Waals surface area contributed by atoms with Crippen molar-refractivity contribution < 1.29 is 10.2 Å². The second-order valence-corrected chi connectivity index (χ2v) is 7.99. The third-order valence-electron chi connectivity index (χ3n) is 4.53. The van der Waals surface area contributed by atoms with Crippen molar-refractivity contribution in [2.75, 3.05) is 0 Å². The van der Waals surface area contributed by atoms with Gasteiger partial charge in [0.15, 0.2) is 0 Å². The molecule has 2 unspecified atom stereocenters. The molecule has 1 aromatic carbocycles. The van der Waals surface area contributed by atoms with Gasteiger partial charge in [0, 0.05) is 0 Å². The third kappa shape index (κ3) is 13.6. The molecule has 0 heterocycles. The highest BCUT2D eigenvalue weighted by Gasteiger charge is 2.11. The van der Waals surface area contributed by atoms with Crippen molar-refractivity contribution >= 4 is 0 Å². The fourth-order valence-electron chi connectivity index (χ4n) is 2.78. The SMILES string of the molecule is CC(C)(O)CCc1ccccc1.CCC(CCCC(C)O)C(C)C. The Morgan fingerprint density at radius 3 is 2.00 bits per heavy atom. The van der Waals surface area contributed by atoms with E-state index in [-0.39, 0.29) is 6.10 Å². The Balaban J connectivity index is 0.000000441. The van der Waals surface area contributed by atoms with Crippen molar-refractivity contribution in [3.8, 4) is 0 Å². The molecule has 0 aliphatic carbocycles. The minimum absolute atomic E-state index is 0.116. The molecule has 0 aliphatic heterocycles. The van der Waals surface area contributed by atoms with Crippen LogP contribution in [0.25, 0.3) is 0 Å². The summed E-state index contributed by atoms with van der Waals surface area (Å²) in [5.41, 5.74) is 0.746. The molecule has 0 amide bonds. The highest BCUT2D eigenvalue weighted by atomic mass is 16.3. The lowest BCUT2D eigenvalue weighted by Crippen LogP contribution is -2.19. The zero-order valence-electron chi connectivity index (χ0n) is 16.8. The number of benzene rings is 1. The molecule has 2 atom stereocenters. The molecule has 140 valence electrons. The van der Waals surface area contributed by atoms with Gasteiger partial charge in [-0.2, -0.15) is 0 Å². The molecular formula is C22H40O2. The van der Waals surface area contributed by atoms with Crippen LogP contribution >= 0.6 is 0 Å². The maximum atomic E-state index is 9.48. The van der Waals surface area contributed by atoms with Crippen LogP contribution in [0.15, 0.2) is 30.3 Å². The van der Waals surface area contributed by atoms with E-state index in [1.165, 1.54) is 24.8 Å². The van der Waals surface area contributed by atoms with Crippen LogP contribution in [0.5, 0.6) is 0 Å². The Hall–Kier alpha value is -0.860. The van der Waals surface area contributed by atoms with Crippen LogP contribution in [0.1, 0.15) is 79.2 Å². The van der Waals surface area contributed by atoms with Gasteiger partial charge in [-0.25, -0.2) is 0 Å². The van der Waals surface area contributed by atoms with E-state index in [2.05, 4.69) is 32.9 Å². The Morgan fingerprint density at radius 2 is 1.58 bits per heavy atom. The monoisotopic (exact) mass is 336 g/mol. The summed E-state index contributed by atoms with van der Waals surface area (Å²) in [5, 5.41) is 18.6. The van der Waals surface area contributed by atoms with Crippen molar-refractivity contribution in [1.82, 2.24) is 0 Å². The predicted molar refractivity (Wildman–Crippen MR) is 105 cm³/mol. The summed E-state index contributed by atoms with van der Waals surface area (Å²) in [6.07, 6.45) is 6.34. The number of aryl methyl sites for hydroxylation is 1. The van der Waals surface area contributed by atoms with Crippen LogP contribution in [0.2, 0.25) is 0 Å². The molecule has 0 aliphatic rings. The number of rotatable bonds is 9. The van der Waals surface area contributed by atoms with E-state index in [4.69, 9.17) is 5.11 Å². The molecule has 0 aromatic heterocycles. The Kier molecular flexibility index (Phi) is 12.0. The molecule has 2 heteroatoms. The van der Waals surface area contributed by atoms with Crippen LogP contribution in [0, 0.1) is 11.8 Å². The van der Waals surface area contributed by atoms with Gasteiger partial charge in [0.1, 0.15) is 0 Å². The lowest BCUT2D eigenvalue weighted by atomic mass is 9.88. The summed E-state index contributed by atoms with van der Waals surface area (Å²) in [5.74, 6) is 1.65. The summed E-state index contributed by atoms with van der Waals surface area (Å²) in [6.45, 7) is 12.4.